The van der Waals surface area contributed by atoms with E-state index in [1.807, 2.05) is 0 Å². The predicted octanol–water partition coefficient (Wildman–Crippen LogP) is 7.53. The van der Waals surface area contributed by atoms with Crippen molar-refractivity contribution in [3.05, 3.63) is 0 Å². The van der Waals surface area contributed by atoms with Crippen LogP contribution in [0.1, 0.15) is 103 Å². The smallest absolute Gasteiger partial charge is 0.312 e. The Kier molecular flexibility index (Phi) is 5.57. The Bertz CT molecular complexity index is 963. The van der Waals surface area contributed by atoms with Crippen LogP contribution in [0, 0.1) is 70.0 Å². The molecule has 4 nitrogen and oxygen atoms in total. The van der Waals surface area contributed by atoms with E-state index in [9.17, 15) is 9.59 Å². The molecule has 220 valence electrons. The molecule has 0 N–H and O–H groups in total. The maximum absolute atomic E-state index is 14.5. The molecular formula is C34H46Cl2O4. The van der Waals surface area contributed by atoms with Gasteiger partial charge in [-0.1, -0.05) is 0 Å². The molecule has 0 aromatic rings. The fourth-order valence-corrected chi connectivity index (χ4v) is 15.1. The molecule has 0 radical (unpaired) electrons. The first-order valence-electron chi connectivity index (χ1n) is 16.9. The third kappa shape index (κ3) is 3.39. The number of hydrogen-bond acceptors (Lipinski definition) is 4. The lowest BCUT2D eigenvalue weighted by molar-refractivity contribution is -0.236. The zero-order chi connectivity index (χ0) is 27.1. The van der Waals surface area contributed by atoms with Crippen molar-refractivity contribution < 1.29 is 19.1 Å². The van der Waals surface area contributed by atoms with Gasteiger partial charge in [-0.3, -0.25) is 9.59 Å². The number of halogens is 2. The van der Waals surface area contributed by atoms with Crippen molar-refractivity contribution in [2.75, 3.05) is 11.8 Å². The van der Waals surface area contributed by atoms with Gasteiger partial charge in [0.1, 0.15) is 11.2 Å². The first-order valence-corrected chi connectivity index (χ1v) is 17.9. The van der Waals surface area contributed by atoms with E-state index in [1.54, 1.807) is 0 Å². The minimum Gasteiger partial charge on any atom is -0.457 e. The molecule has 0 aliphatic heterocycles. The number of carbonyl (C=O) groups is 2. The van der Waals surface area contributed by atoms with E-state index >= 15 is 0 Å². The fraction of sp³-hybridized carbons (Fsp3) is 0.941. The molecule has 12 aliphatic rings. The van der Waals surface area contributed by atoms with E-state index in [4.69, 9.17) is 32.7 Å². The minimum atomic E-state index is -0.547. The number of carbonyl (C=O) groups excluding carboxylic acids is 2. The third-order valence-corrected chi connectivity index (χ3v) is 15.8. The summed E-state index contributed by atoms with van der Waals surface area (Å²) in [4.78, 5) is 28.9. The van der Waals surface area contributed by atoms with Crippen LogP contribution in [0.2, 0.25) is 0 Å². The maximum atomic E-state index is 14.5. The Morgan fingerprint density at radius 1 is 0.500 bits per heavy atom. The average Bonchev–Trinajstić information content (AvgIpc) is 2.91. The van der Waals surface area contributed by atoms with E-state index in [1.165, 1.54) is 64.2 Å². The SMILES string of the molecule is O=C(OC1(CCl)C2CC3CC(C2)CC1C3)C12CC3CC(C1)CC(C(=O)OC1(CCl)C4CC5CC(C4)CC1C5)(C3)C2. The monoisotopic (exact) mass is 588 g/mol. The topological polar surface area (TPSA) is 52.6 Å². The molecule has 0 spiro atoms. The summed E-state index contributed by atoms with van der Waals surface area (Å²) in [5.74, 6) is 6.50. The number of esters is 2. The van der Waals surface area contributed by atoms with Gasteiger partial charge in [0.05, 0.1) is 22.6 Å². The molecule has 12 bridgehead atoms. The average molecular weight is 590 g/mol. The lowest BCUT2D eigenvalue weighted by atomic mass is 9.44. The fourth-order valence-electron chi connectivity index (χ4n) is 14.1. The van der Waals surface area contributed by atoms with Crippen LogP contribution < -0.4 is 0 Å². The molecule has 6 heteroatoms. The zero-order valence-corrected chi connectivity index (χ0v) is 25.4. The van der Waals surface area contributed by atoms with Crippen LogP contribution in [0.4, 0.5) is 0 Å². The van der Waals surface area contributed by atoms with Crippen molar-refractivity contribution in [2.45, 2.75) is 114 Å². The molecule has 0 amide bonds. The summed E-state index contributed by atoms with van der Waals surface area (Å²) in [5.41, 5.74) is -2.08. The van der Waals surface area contributed by atoms with Gasteiger partial charge in [0.25, 0.3) is 0 Å². The number of alkyl halides is 2. The summed E-state index contributed by atoms with van der Waals surface area (Å²) in [6, 6.07) is 0. The lowest BCUT2D eigenvalue weighted by Gasteiger charge is -2.63. The highest BCUT2D eigenvalue weighted by atomic mass is 35.5. The molecule has 12 saturated carbocycles. The molecule has 0 aromatic heterocycles. The Labute approximate surface area is 249 Å². The van der Waals surface area contributed by atoms with E-state index in [0.29, 0.717) is 53.7 Å². The van der Waals surface area contributed by atoms with Crippen molar-refractivity contribution in [2.24, 2.45) is 70.0 Å². The standard InChI is InChI=1S/C34H46Cl2O4/c35-17-33(25-4-19-1-20(6-25)7-26(33)5-19)39-29(37)31-12-23-3-24(13-31)15-32(14-23,16-31)30(38)40-34(18-36)27-8-21-2-22(10-27)11-28(34)9-21/h19-28H,1-18H2. The van der Waals surface area contributed by atoms with E-state index < -0.39 is 22.0 Å². The Balaban J connectivity index is 0.994. The van der Waals surface area contributed by atoms with E-state index in [0.717, 1.165) is 55.8 Å². The largest absolute Gasteiger partial charge is 0.457 e. The lowest BCUT2D eigenvalue weighted by Crippen LogP contribution is -2.65. The van der Waals surface area contributed by atoms with Crippen molar-refractivity contribution in [3.63, 3.8) is 0 Å². The molecule has 0 saturated heterocycles. The van der Waals surface area contributed by atoms with Crippen LogP contribution in [-0.4, -0.2) is 34.9 Å². The van der Waals surface area contributed by atoms with Gasteiger partial charge in [-0.05, 0) is 138 Å². The van der Waals surface area contributed by atoms with Crippen molar-refractivity contribution in [3.8, 4) is 0 Å². The second-order valence-electron chi connectivity index (χ2n) is 17.1. The van der Waals surface area contributed by atoms with Gasteiger partial charge in [0.2, 0.25) is 0 Å². The minimum absolute atomic E-state index is 0.0198. The summed E-state index contributed by atoms with van der Waals surface area (Å²) in [7, 11) is 0. The van der Waals surface area contributed by atoms with Gasteiger partial charge in [-0.2, -0.15) is 0 Å². The summed E-state index contributed by atoms with van der Waals surface area (Å²) in [6.45, 7) is 0. The molecule has 0 atom stereocenters. The first-order chi connectivity index (χ1) is 19.3. The van der Waals surface area contributed by atoms with Gasteiger partial charge >= 0.3 is 11.9 Å². The molecule has 12 rings (SSSR count). The molecule has 0 aromatic carbocycles. The molecule has 0 unspecified atom stereocenters. The Hall–Kier alpha value is -0.480. The molecular weight excluding hydrogens is 543 g/mol. The third-order valence-electron chi connectivity index (χ3n) is 15.0. The second-order valence-corrected chi connectivity index (χ2v) is 17.6. The van der Waals surface area contributed by atoms with Crippen molar-refractivity contribution >= 4 is 35.1 Å². The summed E-state index contributed by atoms with van der Waals surface area (Å²) >= 11 is 13.5. The Morgan fingerprint density at radius 2 is 0.800 bits per heavy atom. The predicted molar refractivity (Wildman–Crippen MR) is 153 cm³/mol. The molecule has 12 fully saturated rings. The number of rotatable bonds is 6. The van der Waals surface area contributed by atoms with Gasteiger partial charge < -0.3 is 9.47 Å². The maximum Gasteiger partial charge on any atom is 0.312 e. The highest BCUT2D eigenvalue weighted by molar-refractivity contribution is 6.19. The number of ether oxygens (including phenoxy) is 2. The quantitative estimate of drug-likeness (QED) is 0.238. The molecule has 12 aliphatic carbocycles. The van der Waals surface area contributed by atoms with E-state index in [2.05, 4.69) is 0 Å². The van der Waals surface area contributed by atoms with Crippen LogP contribution in [-0.2, 0) is 19.1 Å². The van der Waals surface area contributed by atoms with Crippen molar-refractivity contribution in [1.29, 1.82) is 0 Å². The van der Waals surface area contributed by atoms with Crippen LogP contribution in [0.15, 0.2) is 0 Å². The van der Waals surface area contributed by atoms with Gasteiger partial charge in [0, 0.05) is 23.7 Å². The number of hydrogen-bond donors (Lipinski definition) is 0. The van der Waals surface area contributed by atoms with Gasteiger partial charge in [0.15, 0.2) is 0 Å². The summed E-state index contributed by atoms with van der Waals surface area (Å²) in [5, 5.41) is 0. The van der Waals surface area contributed by atoms with Crippen molar-refractivity contribution in [1.82, 2.24) is 0 Å². The summed E-state index contributed by atoms with van der Waals surface area (Å²) in [6.07, 6.45) is 17.4. The van der Waals surface area contributed by atoms with Crippen LogP contribution in [0.25, 0.3) is 0 Å². The van der Waals surface area contributed by atoms with Crippen LogP contribution >= 0.6 is 23.2 Å². The molecule has 0 heterocycles. The van der Waals surface area contributed by atoms with Crippen LogP contribution in [0.3, 0.4) is 0 Å². The first kappa shape index (κ1) is 26.0. The zero-order valence-electron chi connectivity index (χ0n) is 23.9. The van der Waals surface area contributed by atoms with Crippen LogP contribution in [0.5, 0.6) is 0 Å². The second kappa shape index (κ2) is 8.58. The normalized spacial score (nSPS) is 58.0. The Morgan fingerprint density at radius 3 is 1.10 bits per heavy atom. The highest BCUT2D eigenvalue weighted by Crippen LogP contribution is 2.68. The summed E-state index contributed by atoms with van der Waals surface area (Å²) < 4.78 is 13.6. The van der Waals surface area contributed by atoms with Gasteiger partial charge in [-0.15, -0.1) is 23.2 Å². The highest BCUT2D eigenvalue weighted by Gasteiger charge is 2.68. The molecule has 40 heavy (non-hydrogen) atoms. The van der Waals surface area contributed by atoms with Gasteiger partial charge in [-0.25, -0.2) is 0 Å². The van der Waals surface area contributed by atoms with E-state index in [-0.39, 0.29) is 11.9 Å².